The predicted molar refractivity (Wildman–Crippen MR) is 104 cm³/mol. The highest BCUT2D eigenvalue weighted by atomic mass is 35.5. The van der Waals surface area contributed by atoms with Crippen molar-refractivity contribution in [2.24, 2.45) is 11.5 Å². The first kappa shape index (κ1) is 22.7. The molecule has 8 heteroatoms. The third-order valence-corrected chi connectivity index (χ3v) is 4.66. The van der Waals surface area contributed by atoms with Crippen LogP contribution >= 0.6 is 23.2 Å². The molecule has 1 aliphatic rings. The monoisotopic (exact) mass is 403 g/mol. The second kappa shape index (κ2) is 10.1. The summed E-state index contributed by atoms with van der Waals surface area (Å²) in [6, 6.07) is 5.61. The Morgan fingerprint density at radius 3 is 2.46 bits per heavy atom. The standard InChI is InChI=1S/C13H17Cl2N3O.C5H10O2/c14-10-2-1-7(3-11(10)15)9-4-8(5-13(17)19)18-6-12(9)16;1-5(2,3)7-4-6/h1-3,8-9,12,18H,4-6,16H2,(H2,17,19);4H,1-3H3/t8?,9-,12+;/m0./s1. The van der Waals surface area contributed by atoms with Gasteiger partial charge in [0.05, 0.1) is 10.0 Å². The summed E-state index contributed by atoms with van der Waals surface area (Å²) in [7, 11) is 0. The molecule has 3 atom stereocenters. The number of nitrogens with two attached hydrogens (primary N) is 2. The number of benzene rings is 1. The van der Waals surface area contributed by atoms with Crippen LogP contribution in [0.25, 0.3) is 0 Å². The van der Waals surface area contributed by atoms with E-state index in [2.05, 4.69) is 10.1 Å². The van der Waals surface area contributed by atoms with E-state index in [1.54, 1.807) is 6.07 Å². The van der Waals surface area contributed by atoms with Gasteiger partial charge in [0.1, 0.15) is 5.60 Å². The molecule has 0 saturated carbocycles. The van der Waals surface area contributed by atoms with Gasteiger partial charge in [0.25, 0.3) is 6.47 Å². The van der Waals surface area contributed by atoms with E-state index in [1.165, 1.54) is 0 Å². The number of halogens is 2. The van der Waals surface area contributed by atoms with Crippen molar-refractivity contribution in [1.29, 1.82) is 0 Å². The maximum atomic E-state index is 11.0. The molecule has 1 aromatic carbocycles. The van der Waals surface area contributed by atoms with Crippen LogP contribution in [0.4, 0.5) is 0 Å². The van der Waals surface area contributed by atoms with E-state index in [1.807, 2.05) is 32.9 Å². The zero-order chi connectivity index (χ0) is 19.9. The first-order chi connectivity index (χ1) is 12.0. The number of amides is 1. The number of primary amides is 1. The molecule has 0 radical (unpaired) electrons. The van der Waals surface area contributed by atoms with Crippen molar-refractivity contribution in [3.63, 3.8) is 0 Å². The lowest BCUT2D eigenvalue weighted by Gasteiger charge is -2.35. The van der Waals surface area contributed by atoms with Crippen LogP contribution in [0.5, 0.6) is 0 Å². The lowest BCUT2D eigenvalue weighted by atomic mass is 9.82. The summed E-state index contributed by atoms with van der Waals surface area (Å²) in [6.07, 6.45) is 1.09. The Bertz CT molecular complexity index is 620. The quantitative estimate of drug-likeness (QED) is 0.669. The summed E-state index contributed by atoms with van der Waals surface area (Å²) in [5.74, 6) is -0.152. The Morgan fingerprint density at radius 1 is 1.35 bits per heavy atom. The molecule has 1 heterocycles. The molecule has 6 nitrogen and oxygen atoms in total. The van der Waals surface area contributed by atoms with Crippen molar-refractivity contribution < 1.29 is 14.3 Å². The van der Waals surface area contributed by atoms with Crippen molar-refractivity contribution in [3.8, 4) is 0 Å². The highest BCUT2D eigenvalue weighted by Crippen LogP contribution is 2.32. The van der Waals surface area contributed by atoms with Gasteiger partial charge in [-0.1, -0.05) is 29.3 Å². The molecule has 26 heavy (non-hydrogen) atoms. The van der Waals surface area contributed by atoms with E-state index in [0.29, 0.717) is 29.5 Å². The molecule has 1 saturated heterocycles. The minimum atomic E-state index is -0.318. The number of hydrogen-bond donors (Lipinski definition) is 3. The minimum Gasteiger partial charge on any atom is -0.462 e. The topological polar surface area (TPSA) is 107 Å². The van der Waals surface area contributed by atoms with Gasteiger partial charge in [0, 0.05) is 31.0 Å². The number of carbonyl (C=O) groups excluding carboxylic acids is 2. The number of carbonyl (C=O) groups is 2. The minimum absolute atomic E-state index is 0.0126. The van der Waals surface area contributed by atoms with Crippen LogP contribution in [0.15, 0.2) is 18.2 Å². The van der Waals surface area contributed by atoms with Gasteiger partial charge in [-0.25, -0.2) is 0 Å². The Kier molecular flexibility index (Phi) is 8.83. The van der Waals surface area contributed by atoms with E-state index in [0.717, 1.165) is 12.0 Å². The van der Waals surface area contributed by atoms with Crippen LogP contribution in [-0.2, 0) is 14.3 Å². The highest BCUT2D eigenvalue weighted by molar-refractivity contribution is 6.42. The van der Waals surface area contributed by atoms with Crippen LogP contribution < -0.4 is 16.8 Å². The van der Waals surface area contributed by atoms with Gasteiger partial charge < -0.3 is 21.5 Å². The summed E-state index contributed by atoms with van der Waals surface area (Å²) in [4.78, 5) is 20.6. The van der Waals surface area contributed by atoms with E-state index in [4.69, 9.17) is 34.7 Å². The first-order valence-corrected chi connectivity index (χ1v) is 9.12. The summed E-state index contributed by atoms with van der Waals surface area (Å²) < 4.78 is 4.55. The molecule has 0 spiro atoms. The molecule has 1 unspecified atom stereocenters. The predicted octanol–water partition coefficient (Wildman–Crippen LogP) is 2.60. The Hall–Kier alpha value is -1.34. The zero-order valence-electron chi connectivity index (χ0n) is 15.3. The average Bonchev–Trinajstić information content (AvgIpc) is 2.51. The third kappa shape index (κ3) is 7.91. The number of hydrogen-bond acceptors (Lipinski definition) is 5. The number of ether oxygens (including phenoxy) is 1. The van der Waals surface area contributed by atoms with Crippen molar-refractivity contribution in [2.45, 2.75) is 57.2 Å². The lowest BCUT2D eigenvalue weighted by molar-refractivity contribution is -0.138. The van der Waals surface area contributed by atoms with Gasteiger partial charge in [-0.15, -0.1) is 0 Å². The van der Waals surface area contributed by atoms with E-state index < -0.39 is 0 Å². The van der Waals surface area contributed by atoms with Gasteiger partial charge in [-0.2, -0.15) is 0 Å². The Balaban J connectivity index is 0.000000412. The molecular formula is C18H27Cl2N3O3. The van der Waals surface area contributed by atoms with Crippen molar-refractivity contribution in [1.82, 2.24) is 5.32 Å². The second-order valence-electron chi connectivity index (χ2n) is 7.28. The molecule has 1 fully saturated rings. The van der Waals surface area contributed by atoms with Crippen LogP contribution in [0.2, 0.25) is 10.0 Å². The van der Waals surface area contributed by atoms with Gasteiger partial charge in [-0.3, -0.25) is 9.59 Å². The fourth-order valence-corrected chi connectivity index (χ4v) is 2.99. The van der Waals surface area contributed by atoms with E-state index in [9.17, 15) is 9.59 Å². The van der Waals surface area contributed by atoms with Crippen molar-refractivity contribution in [3.05, 3.63) is 33.8 Å². The molecule has 0 aromatic heterocycles. The molecule has 2 rings (SSSR count). The largest absolute Gasteiger partial charge is 0.462 e. The average molecular weight is 404 g/mol. The molecule has 146 valence electrons. The molecule has 5 N–H and O–H groups in total. The van der Waals surface area contributed by atoms with Gasteiger partial charge in [-0.05, 0) is 44.9 Å². The lowest BCUT2D eigenvalue weighted by Crippen LogP contribution is -2.50. The maximum Gasteiger partial charge on any atom is 0.293 e. The second-order valence-corrected chi connectivity index (χ2v) is 8.10. The van der Waals surface area contributed by atoms with E-state index >= 15 is 0 Å². The van der Waals surface area contributed by atoms with Crippen molar-refractivity contribution >= 4 is 35.6 Å². The summed E-state index contributed by atoms with van der Waals surface area (Å²) in [5.41, 5.74) is 12.1. The summed E-state index contributed by atoms with van der Waals surface area (Å²) in [6.45, 7) is 6.58. The van der Waals surface area contributed by atoms with Gasteiger partial charge in [0.2, 0.25) is 5.91 Å². The Morgan fingerprint density at radius 2 is 2.00 bits per heavy atom. The van der Waals surface area contributed by atoms with Crippen LogP contribution in [0.1, 0.15) is 45.1 Å². The summed E-state index contributed by atoms with van der Waals surface area (Å²) in [5, 5.41) is 4.29. The molecule has 1 aromatic rings. The van der Waals surface area contributed by atoms with Crippen molar-refractivity contribution in [2.75, 3.05) is 6.54 Å². The Labute approximate surface area is 164 Å². The van der Waals surface area contributed by atoms with E-state index in [-0.39, 0.29) is 29.5 Å². The normalized spacial score (nSPS) is 22.8. The molecule has 0 bridgehead atoms. The summed E-state index contributed by atoms with van der Waals surface area (Å²) >= 11 is 12.0. The third-order valence-electron chi connectivity index (χ3n) is 3.92. The number of nitrogens with one attached hydrogen (secondary N) is 1. The molecule has 1 amide bonds. The molecular weight excluding hydrogens is 377 g/mol. The van der Waals surface area contributed by atoms with Crippen LogP contribution in [-0.4, -0.2) is 36.6 Å². The fraction of sp³-hybridized carbons (Fsp3) is 0.556. The fourth-order valence-electron chi connectivity index (χ4n) is 2.68. The molecule has 1 aliphatic heterocycles. The zero-order valence-corrected chi connectivity index (χ0v) is 16.8. The first-order valence-electron chi connectivity index (χ1n) is 8.37. The van der Waals surface area contributed by atoms with Crippen LogP contribution in [0.3, 0.4) is 0 Å². The van der Waals surface area contributed by atoms with Crippen LogP contribution in [0, 0.1) is 0 Å². The van der Waals surface area contributed by atoms with Gasteiger partial charge >= 0.3 is 0 Å². The SMILES string of the molecule is CC(C)(C)OC=O.NC(=O)CC1C[C@@H](c2ccc(Cl)c(Cl)c2)[C@H](N)CN1. The van der Waals surface area contributed by atoms with Gasteiger partial charge in [0.15, 0.2) is 0 Å². The maximum absolute atomic E-state index is 11.0. The molecule has 0 aliphatic carbocycles. The smallest absolute Gasteiger partial charge is 0.293 e. The number of rotatable bonds is 4. The number of piperidine rings is 1. The highest BCUT2D eigenvalue weighted by Gasteiger charge is 2.29.